The fourth-order valence-electron chi connectivity index (χ4n) is 0.651. The fraction of sp³-hybridized carbons (Fsp3) is 0.143. The van der Waals surface area contributed by atoms with Crippen LogP contribution >= 0.6 is 22.9 Å². The number of nitrogens with zero attached hydrogens (tertiary/aromatic N) is 1. The number of oxime groups is 1. The summed E-state index contributed by atoms with van der Waals surface area (Å²) in [7, 11) is 1.37. The average Bonchev–Trinajstić information content (AvgIpc) is 2.48. The Balaban J connectivity index is 2.50. The molecular formula is C7H7ClN2O2S. The van der Waals surface area contributed by atoms with Crippen LogP contribution in [-0.4, -0.2) is 19.2 Å². The predicted molar refractivity (Wildman–Crippen MR) is 53.5 cm³/mol. The van der Waals surface area contributed by atoms with Crippen LogP contribution in [0.4, 0.5) is 5.69 Å². The van der Waals surface area contributed by atoms with Gasteiger partial charge < -0.3 is 10.2 Å². The SMILES string of the molecule is CO/N=C/C(=O)Nc1csc(Cl)c1. The summed E-state index contributed by atoms with van der Waals surface area (Å²) in [6, 6.07) is 1.66. The topological polar surface area (TPSA) is 50.7 Å². The van der Waals surface area contributed by atoms with E-state index in [-0.39, 0.29) is 5.91 Å². The van der Waals surface area contributed by atoms with E-state index in [1.807, 2.05) is 0 Å². The third-order valence-corrected chi connectivity index (χ3v) is 2.20. The highest BCUT2D eigenvalue weighted by Gasteiger charge is 2.00. The summed E-state index contributed by atoms with van der Waals surface area (Å²) in [5.41, 5.74) is 0.655. The zero-order chi connectivity index (χ0) is 9.68. The van der Waals surface area contributed by atoms with Crippen LogP contribution in [0.15, 0.2) is 16.6 Å². The van der Waals surface area contributed by atoms with Gasteiger partial charge in [0.1, 0.15) is 13.3 Å². The molecule has 0 unspecified atom stereocenters. The molecule has 1 amide bonds. The lowest BCUT2D eigenvalue weighted by molar-refractivity contribution is -0.110. The first-order chi connectivity index (χ1) is 6.22. The van der Waals surface area contributed by atoms with Gasteiger partial charge in [-0.15, -0.1) is 11.3 Å². The molecule has 6 heteroatoms. The summed E-state index contributed by atoms with van der Waals surface area (Å²) in [5.74, 6) is -0.351. The molecule has 0 radical (unpaired) electrons. The molecule has 1 aromatic rings. The molecule has 70 valence electrons. The first-order valence-corrected chi connectivity index (χ1v) is 4.59. The number of amides is 1. The molecule has 0 aliphatic carbocycles. The summed E-state index contributed by atoms with van der Waals surface area (Å²) in [6.45, 7) is 0. The maximum absolute atomic E-state index is 11.0. The van der Waals surface area contributed by atoms with Crippen molar-refractivity contribution in [3.8, 4) is 0 Å². The van der Waals surface area contributed by atoms with Gasteiger partial charge in [0.2, 0.25) is 0 Å². The molecule has 0 fully saturated rings. The van der Waals surface area contributed by atoms with Gasteiger partial charge in [-0.25, -0.2) is 0 Å². The summed E-state index contributed by atoms with van der Waals surface area (Å²) in [5, 5.41) is 7.60. The van der Waals surface area contributed by atoms with Gasteiger partial charge in [0.15, 0.2) is 0 Å². The van der Waals surface area contributed by atoms with Gasteiger partial charge in [-0.05, 0) is 6.07 Å². The van der Waals surface area contributed by atoms with Gasteiger partial charge >= 0.3 is 0 Å². The summed E-state index contributed by atoms with van der Waals surface area (Å²) >= 11 is 7.00. The molecule has 0 aliphatic rings. The van der Waals surface area contributed by atoms with Gasteiger partial charge in [0.05, 0.1) is 10.0 Å². The van der Waals surface area contributed by atoms with E-state index >= 15 is 0 Å². The minimum atomic E-state index is -0.351. The van der Waals surface area contributed by atoms with Crippen LogP contribution in [0.1, 0.15) is 0 Å². The lowest BCUT2D eigenvalue weighted by Crippen LogP contribution is -2.11. The van der Waals surface area contributed by atoms with E-state index < -0.39 is 0 Å². The number of thiophene rings is 1. The third kappa shape index (κ3) is 3.43. The van der Waals surface area contributed by atoms with Crippen LogP contribution in [0.25, 0.3) is 0 Å². The van der Waals surface area contributed by atoms with Crippen LogP contribution < -0.4 is 5.32 Å². The first-order valence-electron chi connectivity index (χ1n) is 3.34. The Morgan fingerprint density at radius 1 is 1.85 bits per heavy atom. The highest BCUT2D eigenvalue weighted by molar-refractivity contribution is 7.14. The average molecular weight is 219 g/mol. The van der Waals surface area contributed by atoms with E-state index in [0.29, 0.717) is 10.0 Å². The lowest BCUT2D eigenvalue weighted by Gasteiger charge is -1.94. The van der Waals surface area contributed by atoms with Crippen molar-refractivity contribution in [3.05, 3.63) is 15.8 Å². The number of hydrogen-bond donors (Lipinski definition) is 1. The molecule has 0 atom stereocenters. The minimum Gasteiger partial charge on any atom is -0.399 e. The molecule has 0 saturated carbocycles. The molecule has 1 rings (SSSR count). The highest BCUT2D eigenvalue weighted by atomic mass is 35.5. The monoisotopic (exact) mass is 218 g/mol. The Hall–Kier alpha value is -1.07. The van der Waals surface area contributed by atoms with Crippen molar-refractivity contribution in [1.29, 1.82) is 0 Å². The second kappa shape index (κ2) is 4.84. The molecule has 1 N–H and O–H groups in total. The van der Waals surface area contributed by atoms with Crippen molar-refractivity contribution in [2.75, 3.05) is 12.4 Å². The maximum atomic E-state index is 11.0. The summed E-state index contributed by atoms with van der Waals surface area (Å²) in [6.07, 6.45) is 1.05. The van der Waals surface area contributed by atoms with E-state index in [1.54, 1.807) is 11.4 Å². The molecule has 1 heterocycles. The number of carbonyl (C=O) groups is 1. The van der Waals surface area contributed by atoms with Crippen molar-refractivity contribution < 1.29 is 9.63 Å². The van der Waals surface area contributed by atoms with Crippen LogP contribution in [0, 0.1) is 0 Å². The lowest BCUT2D eigenvalue weighted by atomic mass is 10.5. The number of carbonyl (C=O) groups excluding carboxylic acids is 1. The second-order valence-corrected chi connectivity index (χ2v) is 3.59. The van der Waals surface area contributed by atoms with E-state index in [9.17, 15) is 4.79 Å². The van der Waals surface area contributed by atoms with Gasteiger partial charge in [0, 0.05) is 5.38 Å². The molecule has 0 spiro atoms. The fourth-order valence-corrected chi connectivity index (χ4v) is 1.46. The largest absolute Gasteiger partial charge is 0.399 e. The first kappa shape index (κ1) is 10.0. The van der Waals surface area contributed by atoms with Crippen LogP contribution in [0.5, 0.6) is 0 Å². The maximum Gasteiger partial charge on any atom is 0.270 e. The third-order valence-electron chi connectivity index (χ3n) is 1.11. The molecule has 0 aliphatic heterocycles. The molecule has 0 saturated heterocycles. The van der Waals surface area contributed by atoms with Crippen molar-refractivity contribution in [2.45, 2.75) is 0 Å². The number of anilines is 1. The molecule has 13 heavy (non-hydrogen) atoms. The van der Waals surface area contributed by atoms with E-state index in [4.69, 9.17) is 11.6 Å². The van der Waals surface area contributed by atoms with E-state index in [2.05, 4.69) is 15.3 Å². The van der Waals surface area contributed by atoms with Crippen LogP contribution in [0.2, 0.25) is 4.34 Å². The Morgan fingerprint density at radius 3 is 3.15 bits per heavy atom. The quantitative estimate of drug-likeness (QED) is 0.623. The number of hydrogen-bond acceptors (Lipinski definition) is 4. The summed E-state index contributed by atoms with van der Waals surface area (Å²) < 4.78 is 0.624. The van der Waals surface area contributed by atoms with Gasteiger partial charge in [-0.3, -0.25) is 4.79 Å². The second-order valence-electron chi connectivity index (χ2n) is 2.05. The van der Waals surface area contributed by atoms with Crippen molar-refractivity contribution >= 4 is 40.7 Å². The summed E-state index contributed by atoms with van der Waals surface area (Å²) in [4.78, 5) is 15.3. The van der Waals surface area contributed by atoms with Gasteiger partial charge in [-0.1, -0.05) is 16.8 Å². The predicted octanol–water partition coefficient (Wildman–Crippen LogP) is 1.97. The zero-order valence-corrected chi connectivity index (χ0v) is 8.35. The smallest absolute Gasteiger partial charge is 0.270 e. The van der Waals surface area contributed by atoms with Crippen molar-refractivity contribution in [1.82, 2.24) is 0 Å². The van der Waals surface area contributed by atoms with Crippen molar-refractivity contribution in [2.24, 2.45) is 5.16 Å². The van der Waals surface area contributed by atoms with Gasteiger partial charge in [0.25, 0.3) is 5.91 Å². The highest BCUT2D eigenvalue weighted by Crippen LogP contribution is 2.23. The Kier molecular flexibility index (Phi) is 3.72. The number of halogens is 1. The standard InChI is InChI=1S/C7H7ClN2O2S/c1-12-9-3-7(11)10-5-2-6(8)13-4-5/h2-4H,1H3,(H,10,11)/b9-3+. The van der Waals surface area contributed by atoms with Gasteiger partial charge in [-0.2, -0.15) is 0 Å². The van der Waals surface area contributed by atoms with Crippen molar-refractivity contribution in [3.63, 3.8) is 0 Å². The number of rotatable bonds is 3. The Bertz CT molecular complexity index is 324. The Morgan fingerprint density at radius 2 is 2.62 bits per heavy atom. The van der Waals surface area contributed by atoms with E-state index in [0.717, 1.165) is 6.21 Å². The normalized spacial score (nSPS) is 10.3. The van der Waals surface area contributed by atoms with Crippen LogP contribution in [0.3, 0.4) is 0 Å². The van der Waals surface area contributed by atoms with E-state index in [1.165, 1.54) is 18.4 Å². The zero-order valence-electron chi connectivity index (χ0n) is 6.78. The minimum absolute atomic E-state index is 0.351. The molecular weight excluding hydrogens is 212 g/mol. The molecule has 0 bridgehead atoms. The number of nitrogens with one attached hydrogen (secondary N) is 1. The Labute approximate surface area is 84.1 Å². The molecule has 1 aromatic heterocycles. The molecule has 4 nitrogen and oxygen atoms in total. The van der Waals surface area contributed by atoms with Crippen LogP contribution in [-0.2, 0) is 9.63 Å². The molecule has 0 aromatic carbocycles.